The Morgan fingerprint density at radius 1 is 0.765 bits per heavy atom. The summed E-state index contributed by atoms with van der Waals surface area (Å²) in [6.07, 6.45) is 11.4. The highest BCUT2D eigenvalue weighted by atomic mass is 15.2. The molecule has 0 aliphatic carbocycles. The van der Waals surface area contributed by atoms with Crippen LogP contribution in [0.25, 0.3) is 0 Å². The molecule has 1 heterocycles. The topological polar surface area (TPSA) is 6.48 Å². The predicted octanol–water partition coefficient (Wildman–Crippen LogP) is 3.37. The molecule has 1 saturated heterocycles. The van der Waals surface area contributed by atoms with Gasteiger partial charge in [-0.1, -0.05) is 45.4 Å². The highest BCUT2D eigenvalue weighted by Crippen LogP contribution is 2.08. The van der Waals surface area contributed by atoms with E-state index in [0.29, 0.717) is 0 Å². The lowest BCUT2D eigenvalue weighted by atomic mass is 10.1. The molecule has 0 atom stereocenters. The van der Waals surface area contributed by atoms with Crippen molar-refractivity contribution in [2.24, 2.45) is 0 Å². The van der Waals surface area contributed by atoms with Gasteiger partial charge in [0.05, 0.1) is 0 Å². The minimum absolute atomic E-state index is 1.26. The summed E-state index contributed by atoms with van der Waals surface area (Å²) in [6.45, 7) is 8.77. The average molecular weight is 240 g/mol. The van der Waals surface area contributed by atoms with Crippen molar-refractivity contribution in [3.05, 3.63) is 0 Å². The van der Waals surface area contributed by atoms with Crippen LogP contribution in [0.3, 0.4) is 0 Å². The molecular weight excluding hydrogens is 208 g/mol. The van der Waals surface area contributed by atoms with Crippen LogP contribution in [-0.4, -0.2) is 49.6 Å². The first kappa shape index (κ1) is 15.0. The van der Waals surface area contributed by atoms with Crippen LogP contribution in [-0.2, 0) is 0 Å². The van der Waals surface area contributed by atoms with Gasteiger partial charge in [-0.2, -0.15) is 0 Å². The monoisotopic (exact) mass is 240 g/mol. The predicted molar refractivity (Wildman–Crippen MR) is 76.5 cm³/mol. The fourth-order valence-electron chi connectivity index (χ4n) is 2.62. The van der Waals surface area contributed by atoms with Crippen LogP contribution in [0.4, 0.5) is 0 Å². The molecule has 2 heteroatoms. The van der Waals surface area contributed by atoms with Gasteiger partial charge in [0, 0.05) is 13.1 Å². The van der Waals surface area contributed by atoms with Gasteiger partial charge in [0.1, 0.15) is 0 Å². The molecule has 1 aliphatic heterocycles. The maximum Gasteiger partial charge on any atom is 0.0109 e. The zero-order chi connectivity index (χ0) is 12.3. The minimum atomic E-state index is 1.26. The molecule has 1 rings (SSSR count). The van der Waals surface area contributed by atoms with E-state index in [1.165, 1.54) is 84.1 Å². The van der Waals surface area contributed by atoms with Crippen LogP contribution >= 0.6 is 0 Å². The molecule has 0 bridgehead atoms. The second-order valence-electron chi connectivity index (χ2n) is 5.62. The van der Waals surface area contributed by atoms with E-state index in [1.54, 1.807) is 0 Å². The fraction of sp³-hybridized carbons (Fsp3) is 1.00. The van der Waals surface area contributed by atoms with E-state index in [1.807, 2.05) is 0 Å². The van der Waals surface area contributed by atoms with Crippen molar-refractivity contribution in [2.45, 2.75) is 58.3 Å². The summed E-state index contributed by atoms with van der Waals surface area (Å²) in [5.41, 5.74) is 0. The third-order valence-corrected chi connectivity index (χ3v) is 3.89. The Labute approximate surface area is 108 Å². The van der Waals surface area contributed by atoms with Crippen molar-refractivity contribution < 1.29 is 0 Å². The van der Waals surface area contributed by atoms with Gasteiger partial charge in [-0.3, -0.25) is 0 Å². The van der Waals surface area contributed by atoms with Crippen molar-refractivity contribution in [1.29, 1.82) is 0 Å². The smallest absolute Gasteiger partial charge is 0.0109 e. The number of hydrogen-bond acceptors (Lipinski definition) is 2. The lowest BCUT2D eigenvalue weighted by Gasteiger charge is -2.19. The third kappa shape index (κ3) is 7.77. The molecule has 102 valence electrons. The van der Waals surface area contributed by atoms with Crippen molar-refractivity contribution in [3.8, 4) is 0 Å². The average Bonchev–Trinajstić information content (AvgIpc) is 2.53. The largest absolute Gasteiger partial charge is 0.305 e. The highest BCUT2D eigenvalue weighted by molar-refractivity contribution is 4.67. The van der Waals surface area contributed by atoms with E-state index in [0.717, 1.165) is 0 Å². The van der Waals surface area contributed by atoms with E-state index >= 15 is 0 Å². The van der Waals surface area contributed by atoms with Crippen LogP contribution in [0.15, 0.2) is 0 Å². The normalized spacial score (nSPS) is 19.4. The van der Waals surface area contributed by atoms with Gasteiger partial charge in [-0.25, -0.2) is 0 Å². The summed E-state index contributed by atoms with van der Waals surface area (Å²) in [5, 5.41) is 0. The number of nitrogens with zero attached hydrogens (tertiary/aromatic N) is 2. The van der Waals surface area contributed by atoms with Gasteiger partial charge >= 0.3 is 0 Å². The summed E-state index contributed by atoms with van der Waals surface area (Å²) in [4.78, 5) is 5.13. The summed E-state index contributed by atoms with van der Waals surface area (Å²) in [7, 11) is 2.25. The molecule has 0 N–H and O–H groups in total. The lowest BCUT2D eigenvalue weighted by Crippen LogP contribution is -2.29. The van der Waals surface area contributed by atoms with Gasteiger partial charge in [0.15, 0.2) is 0 Å². The third-order valence-electron chi connectivity index (χ3n) is 3.89. The first-order valence-corrected chi connectivity index (χ1v) is 7.74. The zero-order valence-corrected chi connectivity index (χ0v) is 12.1. The zero-order valence-electron chi connectivity index (χ0n) is 12.1. The van der Waals surface area contributed by atoms with Crippen LogP contribution in [0.5, 0.6) is 0 Å². The molecule has 1 fully saturated rings. The van der Waals surface area contributed by atoms with Gasteiger partial charge in [-0.15, -0.1) is 0 Å². The van der Waals surface area contributed by atoms with Gasteiger partial charge in [0.25, 0.3) is 0 Å². The van der Waals surface area contributed by atoms with E-state index < -0.39 is 0 Å². The first-order chi connectivity index (χ1) is 8.33. The van der Waals surface area contributed by atoms with Crippen LogP contribution in [0.2, 0.25) is 0 Å². The Hall–Kier alpha value is -0.0800. The Morgan fingerprint density at radius 3 is 2.24 bits per heavy atom. The van der Waals surface area contributed by atoms with Crippen LogP contribution in [0, 0.1) is 0 Å². The highest BCUT2D eigenvalue weighted by Gasteiger charge is 2.10. The molecule has 0 spiro atoms. The number of rotatable bonds is 8. The molecule has 0 saturated carbocycles. The molecule has 0 aromatic rings. The van der Waals surface area contributed by atoms with Crippen molar-refractivity contribution in [1.82, 2.24) is 9.80 Å². The maximum atomic E-state index is 2.66. The second-order valence-corrected chi connectivity index (χ2v) is 5.62. The molecule has 17 heavy (non-hydrogen) atoms. The van der Waals surface area contributed by atoms with Crippen molar-refractivity contribution in [3.63, 3.8) is 0 Å². The fourth-order valence-corrected chi connectivity index (χ4v) is 2.62. The molecule has 1 aliphatic rings. The SMILES string of the molecule is CCCCCCCCCN1CCCN(C)CC1. The minimum Gasteiger partial charge on any atom is -0.305 e. The van der Waals surface area contributed by atoms with Gasteiger partial charge in [0.2, 0.25) is 0 Å². The standard InChI is InChI=1S/C15H32N2/c1-3-4-5-6-7-8-9-12-17-13-10-11-16(2)14-15-17/h3-15H2,1-2H3. The molecule has 0 radical (unpaired) electrons. The molecule has 2 nitrogen and oxygen atoms in total. The summed E-state index contributed by atoms with van der Waals surface area (Å²) in [6, 6.07) is 0. The number of likely N-dealkylation sites (N-methyl/N-ethyl adjacent to an activating group) is 1. The van der Waals surface area contributed by atoms with E-state index in [9.17, 15) is 0 Å². The molecule has 0 unspecified atom stereocenters. The van der Waals surface area contributed by atoms with Crippen LogP contribution < -0.4 is 0 Å². The van der Waals surface area contributed by atoms with Gasteiger partial charge < -0.3 is 9.80 Å². The molecule has 0 aromatic heterocycles. The Kier molecular flexibility index (Phi) is 8.72. The number of unbranched alkanes of at least 4 members (excludes halogenated alkanes) is 6. The van der Waals surface area contributed by atoms with Crippen molar-refractivity contribution in [2.75, 3.05) is 39.8 Å². The Morgan fingerprint density at radius 2 is 1.47 bits per heavy atom. The Balaban J connectivity index is 1.91. The molecule has 0 aromatic carbocycles. The van der Waals surface area contributed by atoms with Crippen molar-refractivity contribution >= 4 is 0 Å². The summed E-state index contributed by atoms with van der Waals surface area (Å²) < 4.78 is 0. The van der Waals surface area contributed by atoms with Gasteiger partial charge in [-0.05, 0) is 39.5 Å². The number of hydrogen-bond donors (Lipinski definition) is 0. The first-order valence-electron chi connectivity index (χ1n) is 7.74. The van der Waals surface area contributed by atoms with E-state index in [4.69, 9.17) is 0 Å². The Bertz CT molecular complexity index is 170. The van der Waals surface area contributed by atoms with E-state index in [2.05, 4.69) is 23.8 Å². The lowest BCUT2D eigenvalue weighted by molar-refractivity contribution is 0.270. The van der Waals surface area contributed by atoms with Crippen LogP contribution in [0.1, 0.15) is 58.3 Å². The second kappa shape index (κ2) is 9.90. The summed E-state index contributed by atoms with van der Waals surface area (Å²) in [5.74, 6) is 0. The quantitative estimate of drug-likeness (QED) is 0.600. The summed E-state index contributed by atoms with van der Waals surface area (Å²) >= 11 is 0. The molecular formula is C15H32N2. The van der Waals surface area contributed by atoms with E-state index in [-0.39, 0.29) is 0 Å². The molecule has 0 amide bonds. The maximum absolute atomic E-state index is 2.66.